The third-order valence-electron chi connectivity index (χ3n) is 7.74. The average molecular weight is 657 g/mol. The SMILES string of the molecule is CC(=O)ONC(=N)c1cccc(CC(NS(=O)(=O)c2ccc3ccccc3c2)C(=O)N2CCN(C(=O)NCc3ccccc3)CC2)c1. The number of piperazine rings is 1. The lowest BCUT2D eigenvalue weighted by molar-refractivity contribution is -0.145. The van der Waals surface area contributed by atoms with E-state index in [4.69, 9.17) is 10.2 Å². The molecule has 0 aliphatic carbocycles. The molecule has 1 atom stereocenters. The molecule has 1 saturated heterocycles. The number of sulfonamides is 1. The van der Waals surface area contributed by atoms with Crippen molar-refractivity contribution in [1.82, 2.24) is 25.3 Å². The molecule has 12 nitrogen and oxygen atoms in total. The molecule has 0 bridgehead atoms. The van der Waals surface area contributed by atoms with E-state index in [0.29, 0.717) is 17.7 Å². The van der Waals surface area contributed by atoms with Crippen LogP contribution in [0.5, 0.6) is 0 Å². The van der Waals surface area contributed by atoms with E-state index in [0.717, 1.165) is 16.3 Å². The molecule has 1 aliphatic heterocycles. The number of amides is 3. The van der Waals surface area contributed by atoms with Crippen molar-refractivity contribution in [3.05, 3.63) is 114 Å². The van der Waals surface area contributed by atoms with Gasteiger partial charge < -0.3 is 20.0 Å². The minimum Gasteiger partial charge on any atom is -0.342 e. The summed E-state index contributed by atoms with van der Waals surface area (Å²) in [6.45, 7) is 2.59. The molecule has 1 heterocycles. The molecule has 4 aromatic carbocycles. The fourth-order valence-corrected chi connectivity index (χ4v) is 6.50. The third-order valence-corrected chi connectivity index (χ3v) is 9.21. The van der Waals surface area contributed by atoms with Gasteiger partial charge in [-0.2, -0.15) is 4.72 Å². The van der Waals surface area contributed by atoms with Crippen molar-refractivity contribution >= 4 is 44.5 Å². The number of hydroxylamine groups is 1. The van der Waals surface area contributed by atoms with Gasteiger partial charge in [0.05, 0.1) is 4.90 Å². The number of benzene rings is 4. The Bertz CT molecular complexity index is 1880. The highest BCUT2D eigenvalue weighted by Crippen LogP contribution is 2.20. The van der Waals surface area contributed by atoms with Crippen LogP contribution in [0, 0.1) is 5.41 Å². The van der Waals surface area contributed by atoms with E-state index in [1.807, 2.05) is 54.6 Å². The fourth-order valence-electron chi connectivity index (χ4n) is 5.28. The van der Waals surface area contributed by atoms with Gasteiger partial charge in [0.15, 0.2) is 5.84 Å². The fraction of sp³-hybridized carbons (Fsp3) is 0.235. The molecule has 1 fully saturated rings. The first kappa shape index (κ1) is 33.1. The lowest BCUT2D eigenvalue weighted by Crippen LogP contribution is -2.57. The summed E-state index contributed by atoms with van der Waals surface area (Å²) < 4.78 is 30.0. The van der Waals surface area contributed by atoms with Crippen LogP contribution >= 0.6 is 0 Å². The molecule has 1 unspecified atom stereocenters. The van der Waals surface area contributed by atoms with E-state index < -0.39 is 27.9 Å². The van der Waals surface area contributed by atoms with Gasteiger partial charge in [-0.15, -0.1) is 0 Å². The number of nitrogens with zero attached hydrogens (tertiary/aromatic N) is 2. The molecule has 4 N–H and O–H groups in total. The van der Waals surface area contributed by atoms with Gasteiger partial charge in [-0.1, -0.05) is 78.9 Å². The number of urea groups is 1. The van der Waals surface area contributed by atoms with Crippen molar-refractivity contribution in [2.24, 2.45) is 0 Å². The summed E-state index contributed by atoms with van der Waals surface area (Å²) >= 11 is 0. The number of fused-ring (bicyclic) bond motifs is 1. The molecule has 1 aliphatic rings. The highest BCUT2D eigenvalue weighted by molar-refractivity contribution is 7.89. The van der Waals surface area contributed by atoms with Crippen molar-refractivity contribution < 1.29 is 27.6 Å². The summed E-state index contributed by atoms with van der Waals surface area (Å²) in [7, 11) is -4.14. The average Bonchev–Trinajstić information content (AvgIpc) is 3.09. The quantitative estimate of drug-likeness (QED) is 0.122. The molecule has 3 amide bonds. The summed E-state index contributed by atoms with van der Waals surface area (Å²) in [5.41, 5.74) is 4.20. The zero-order chi connectivity index (χ0) is 33.4. The maximum Gasteiger partial charge on any atom is 0.329 e. The van der Waals surface area contributed by atoms with Crippen molar-refractivity contribution in [1.29, 1.82) is 5.41 Å². The second kappa shape index (κ2) is 14.9. The molecule has 0 saturated carbocycles. The summed E-state index contributed by atoms with van der Waals surface area (Å²) in [6.07, 6.45) is -0.0158. The predicted octanol–water partition coefficient (Wildman–Crippen LogP) is 3.18. The second-order valence-corrected chi connectivity index (χ2v) is 12.8. The first-order valence-corrected chi connectivity index (χ1v) is 16.6. The lowest BCUT2D eigenvalue weighted by atomic mass is 10.0. The summed E-state index contributed by atoms with van der Waals surface area (Å²) in [4.78, 5) is 45.9. The second-order valence-electron chi connectivity index (χ2n) is 11.1. The van der Waals surface area contributed by atoms with E-state index in [1.165, 1.54) is 13.0 Å². The normalized spacial score (nSPS) is 13.9. The Morgan fingerprint density at radius 1 is 0.809 bits per heavy atom. The summed E-state index contributed by atoms with van der Waals surface area (Å²) in [5, 5.41) is 12.7. The highest BCUT2D eigenvalue weighted by Gasteiger charge is 2.32. The molecule has 0 radical (unpaired) electrons. The van der Waals surface area contributed by atoms with Crippen LogP contribution in [0.3, 0.4) is 0 Å². The molecule has 0 spiro atoms. The molecule has 0 aromatic heterocycles. The topological polar surface area (TPSA) is 161 Å². The Morgan fingerprint density at radius 2 is 1.47 bits per heavy atom. The van der Waals surface area contributed by atoms with Crippen LogP contribution in [-0.4, -0.2) is 74.2 Å². The van der Waals surface area contributed by atoms with Crippen LogP contribution in [0.25, 0.3) is 10.8 Å². The Labute approximate surface area is 273 Å². The lowest BCUT2D eigenvalue weighted by Gasteiger charge is -2.36. The number of hydrogen-bond donors (Lipinski definition) is 4. The van der Waals surface area contributed by atoms with E-state index in [2.05, 4.69) is 15.5 Å². The maximum atomic E-state index is 14.0. The van der Waals surface area contributed by atoms with Gasteiger partial charge in [-0.3, -0.25) is 15.0 Å². The van der Waals surface area contributed by atoms with Crippen LogP contribution in [0.1, 0.15) is 23.6 Å². The van der Waals surface area contributed by atoms with Gasteiger partial charge >= 0.3 is 12.0 Å². The zero-order valence-corrected chi connectivity index (χ0v) is 26.6. The highest BCUT2D eigenvalue weighted by atomic mass is 32.2. The monoisotopic (exact) mass is 656 g/mol. The van der Waals surface area contributed by atoms with Crippen molar-refractivity contribution in [2.75, 3.05) is 26.2 Å². The van der Waals surface area contributed by atoms with Gasteiger partial charge in [0.2, 0.25) is 15.9 Å². The smallest absolute Gasteiger partial charge is 0.329 e. The van der Waals surface area contributed by atoms with Crippen LogP contribution < -0.4 is 15.5 Å². The van der Waals surface area contributed by atoms with Crippen LogP contribution in [0.15, 0.2) is 102 Å². The van der Waals surface area contributed by atoms with E-state index in [1.54, 1.807) is 46.2 Å². The third kappa shape index (κ3) is 8.71. The first-order valence-electron chi connectivity index (χ1n) is 15.1. The number of nitrogens with one attached hydrogen (secondary N) is 4. The molecular weight excluding hydrogens is 620 g/mol. The number of rotatable bonds is 9. The zero-order valence-electron chi connectivity index (χ0n) is 25.8. The Kier molecular flexibility index (Phi) is 10.5. The first-order chi connectivity index (χ1) is 22.6. The van der Waals surface area contributed by atoms with Gasteiger partial charge in [0.25, 0.3) is 0 Å². The van der Waals surface area contributed by atoms with Crippen molar-refractivity contribution in [2.45, 2.75) is 30.8 Å². The standard InChI is InChI=1S/C34H36N6O6S/c1-24(41)46-37-32(35)29-13-7-10-26(20-29)21-31(38-47(44,45)30-15-14-27-11-5-6-12-28(27)22-30)33(42)39-16-18-40(19-17-39)34(43)36-23-25-8-3-2-4-9-25/h2-15,20,22,31,38H,16-19,21,23H2,1H3,(H2,35,37)(H,36,43). The van der Waals surface area contributed by atoms with Gasteiger partial charge in [-0.05, 0) is 46.5 Å². The van der Waals surface area contributed by atoms with Crippen molar-refractivity contribution in [3.8, 4) is 0 Å². The maximum absolute atomic E-state index is 14.0. The largest absolute Gasteiger partial charge is 0.342 e. The number of amidine groups is 1. The number of carbonyl (C=O) groups excluding carboxylic acids is 3. The molecule has 4 aromatic rings. The molecular formula is C34H36N6O6S. The van der Waals surface area contributed by atoms with E-state index in [-0.39, 0.29) is 49.4 Å². The van der Waals surface area contributed by atoms with Gasteiger partial charge in [0, 0.05) is 45.2 Å². The molecule has 5 rings (SSSR count). The van der Waals surface area contributed by atoms with E-state index in [9.17, 15) is 22.8 Å². The number of hydrogen-bond acceptors (Lipinski definition) is 7. The van der Waals surface area contributed by atoms with Crippen molar-refractivity contribution in [3.63, 3.8) is 0 Å². The molecule has 47 heavy (non-hydrogen) atoms. The van der Waals surface area contributed by atoms with Crippen LogP contribution in [0.2, 0.25) is 0 Å². The van der Waals surface area contributed by atoms with Gasteiger partial charge in [0.1, 0.15) is 6.04 Å². The number of carbonyl (C=O) groups is 3. The van der Waals surface area contributed by atoms with Crippen LogP contribution in [0.4, 0.5) is 4.79 Å². The van der Waals surface area contributed by atoms with Gasteiger partial charge in [-0.25, -0.2) is 18.7 Å². The van der Waals surface area contributed by atoms with E-state index >= 15 is 0 Å². The Hall–Kier alpha value is -5.27. The minimum absolute atomic E-state index is 0.0158. The van der Waals surface area contributed by atoms with Crippen LogP contribution in [-0.2, 0) is 37.4 Å². The Balaban J connectivity index is 1.32. The predicted molar refractivity (Wildman–Crippen MR) is 177 cm³/mol. The molecule has 244 valence electrons. The Morgan fingerprint density at radius 3 is 2.19 bits per heavy atom. The minimum atomic E-state index is -4.14. The molecule has 13 heteroatoms. The summed E-state index contributed by atoms with van der Waals surface area (Å²) in [6, 6.07) is 26.9. The summed E-state index contributed by atoms with van der Waals surface area (Å²) in [5.74, 6) is -1.23.